The van der Waals surface area contributed by atoms with Gasteiger partial charge in [0.2, 0.25) is 5.91 Å². The van der Waals surface area contributed by atoms with Gasteiger partial charge in [0, 0.05) is 19.6 Å². The zero-order chi connectivity index (χ0) is 13.0. The van der Waals surface area contributed by atoms with Crippen LogP contribution in [0.5, 0.6) is 0 Å². The third-order valence-electron chi connectivity index (χ3n) is 3.01. The van der Waals surface area contributed by atoms with E-state index in [1.807, 2.05) is 23.1 Å². The number of carbonyl (C=O) groups is 1. The number of allylic oxidation sites excluding steroid dienone is 1. The van der Waals surface area contributed by atoms with E-state index in [0.717, 1.165) is 19.6 Å². The Kier molecular flexibility index (Phi) is 4.03. The van der Waals surface area contributed by atoms with Crippen molar-refractivity contribution in [3.8, 4) is 0 Å². The fourth-order valence-electron chi connectivity index (χ4n) is 2.17. The molecule has 0 unspecified atom stereocenters. The summed E-state index contributed by atoms with van der Waals surface area (Å²) in [7, 11) is 0. The van der Waals surface area contributed by atoms with E-state index < -0.39 is 0 Å². The summed E-state index contributed by atoms with van der Waals surface area (Å²) in [5.41, 5.74) is 2.43. The van der Waals surface area contributed by atoms with Crippen LogP contribution < -0.4 is 0 Å². The van der Waals surface area contributed by atoms with Gasteiger partial charge in [-0.25, -0.2) is 0 Å². The van der Waals surface area contributed by atoms with Gasteiger partial charge in [-0.2, -0.15) is 0 Å². The van der Waals surface area contributed by atoms with E-state index >= 15 is 0 Å². The van der Waals surface area contributed by atoms with Crippen LogP contribution in [0.4, 0.5) is 0 Å². The van der Waals surface area contributed by atoms with Crippen LogP contribution in [-0.2, 0) is 11.3 Å². The first kappa shape index (κ1) is 12.7. The van der Waals surface area contributed by atoms with Gasteiger partial charge in [-0.15, -0.1) is 0 Å². The zero-order valence-electron chi connectivity index (χ0n) is 11.1. The fourth-order valence-corrected chi connectivity index (χ4v) is 2.17. The smallest absolute Gasteiger partial charge is 0.242 e. The van der Waals surface area contributed by atoms with E-state index in [4.69, 9.17) is 0 Å². The summed E-state index contributed by atoms with van der Waals surface area (Å²) in [5.74, 6) is 0.211. The number of nitrogens with zero attached hydrogens (tertiary/aromatic N) is 2. The summed E-state index contributed by atoms with van der Waals surface area (Å²) in [6.45, 7) is 7.06. The predicted octanol–water partition coefficient (Wildman–Crippen LogP) is 2.25. The molecule has 0 bridgehead atoms. The first-order valence-electron chi connectivity index (χ1n) is 6.36. The second kappa shape index (κ2) is 5.71. The molecule has 2 rings (SSSR count). The molecule has 3 heteroatoms. The van der Waals surface area contributed by atoms with E-state index in [-0.39, 0.29) is 5.91 Å². The molecule has 1 fully saturated rings. The number of hydrogen-bond donors (Lipinski definition) is 0. The second-order valence-corrected chi connectivity index (χ2v) is 4.98. The molecule has 3 nitrogen and oxygen atoms in total. The van der Waals surface area contributed by atoms with Crippen molar-refractivity contribution in [2.75, 3.05) is 19.6 Å². The monoisotopic (exact) mass is 244 g/mol. The molecule has 0 spiro atoms. The first-order chi connectivity index (χ1) is 8.65. The molecule has 1 aliphatic rings. The number of carbonyl (C=O) groups excluding carboxylic acids is 1. The first-order valence-corrected chi connectivity index (χ1v) is 6.36. The SMILES string of the molecule is CC(C)=CN1CCN(Cc2ccccc2)C(=O)C1. The lowest BCUT2D eigenvalue weighted by atomic mass is 10.2. The van der Waals surface area contributed by atoms with Crippen LogP contribution in [0.1, 0.15) is 19.4 Å². The lowest BCUT2D eigenvalue weighted by Crippen LogP contribution is -2.47. The van der Waals surface area contributed by atoms with Gasteiger partial charge in [-0.3, -0.25) is 4.79 Å². The molecule has 0 saturated carbocycles. The summed E-state index contributed by atoms with van der Waals surface area (Å²) in [6, 6.07) is 10.2. The Balaban J connectivity index is 1.94. The molecule has 1 aliphatic heterocycles. The molecule has 0 radical (unpaired) electrons. The van der Waals surface area contributed by atoms with Gasteiger partial charge in [-0.05, 0) is 25.6 Å². The Bertz CT molecular complexity index is 435. The normalized spacial score (nSPS) is 15.8. The Morgan fingerprint density at radius 3 is 2.56 bits per heavy atom. The molecule has 0 atom stereocenters. The Morgan fingerprint density at radius 1 is 1.22 bits per heavy atom. The molecule has 1 aromatic rings. The van der Waals surface area contributed by atoms with Gasteiger partial charge in [0.1, 0.15) is 0 Å². The summed E-state index contributed by atoms with van der Waals surface area (Å²) in [5, 5.41) is 0. The topological polar surface area (TPSA) is 23.6 Å². The highest BCUT2D eigenvalue weighted by molar-refractivity contribution is 5.79. The minimum Gasteiger partial charge on any atom is -0.366 e. The van der Waals surface area contributed by atoms with Crippen molar-refractivity contribution in [2.24, 2.45) is 0 Å². The van der Waals surface area contributed by atoms with E-state index in [2.05, 4.69) is 37.1 Å². The third-order valence-corrected chi connectivity index (χ3v) is 3.01. The maximum absolute atomic E-state index is 12.0. The average molecular weight is 244 g/mol. The number of piperazine rings is 1. The summed E-state index contributed by atoms with van der Waals surface area (Å²) in [6.07, 6.45) is 2.07. The molecule has 18 heavy (non-hydrogen) atoms. The van der Waals surface area contributed by atoms with Gasteiger partial charge in [0.25, 0.3) is 0 Å². The van der Waals surface area contributed by atoms with E-state index in [1.165, 1.54) is 11.1 Å². The lowest BCUT2D eigenvalue weighted by Gasteiger charge is -2.34. The predicted molar refractivity (Wildman–Crippen MR) is 72.9 cm³/mol. The van der Waals surface area contributed by atoms with Crippen LogP contribution in [0, 0.1) is 0 Å². The van der Waals surface area contributed by atoms with Crippen LogP contribution in [0.25, 0.3) is 0 Å². The summed E-state index contributed by atoms with van der Waals surface area (Å²) >= 11 is 0. The van der Waals surface area contributed by atoms with Crippen LogP contribution in [0.3, 0.4) is 0 Å². The van der Waals surface area contributed by atoms with Crippen molar-refractivity contribution in [1.29, 1.82) is 0 Å². The van der Waals surface area contributed by atoms with Crippen molar-refractivity contribution in [1.82, 2.24) is 9.80 Å². The molecular weight excluding hydrogens is 224 g/mol. The fraction of sp³-hybridized carbons (Fsp3) is 0.400. The highest BCUT2D eigenvalue weighted by Gasteiger charge is 2.21. The third kappa shape index (κ3) is 3.36. The average Bonchev–Trinajstić information content (AvgIpc) is 2.33. The number of rotatable bonds is 3. The molecule has 1 heterocycles. The summed E-state index contributed by atoms with van der Waals surface area (Å²) in [4.78, 5) is 16.1. The number of amides is 1. The van der Waals surface area contributed by atoms with Crippen molar-refractivity contribution in [3.63, 3.8) is 0 Å². The number of benzene rings is 1. The van der Waals surface area contributed by atoms with Gasteiger partial charge in [0.15, 0.2) is 0 Å². The molecule has 96 valence electrons. The van der Waals surface area contributed by atoms with E-state index in [1.54, 1.807) is 0 Å². The van der Waals surface area contributed by atoms with Gasteiger partial charge >= 0.3 is 0 Å². The van der Waals surface area contributed by atoms with Crippen LogP contribution >= 0.6 is 0 Å². The van der Waals surface area contributed by atoms with Crippen LogP contribution in [0.2, 0.25) is 0 Å². The lowest BCUT2D eigenvalue weighted by molar-refractivity contribution is -0.135. The Labute approximate surface area is 109 Å². The largest absolute Gasteiger partial charge is 0.366 e. The molecule has 1 aromatic carbocycles. The second-order valence-electron chi connectivity index (χ2n) is 4.98. The maximum atomic E-state index is 12.0. The quantitative estimate of drug-likeness (QED) is 0.814. The van der Waals surface area contributed by atoms with Crippen molar-refractivity contribution in [2.45, 2.75) is 20.4 Å². The maximum Gasteiger partial charge on any atom is 0.242 e. The Morgan fingerprint density at radius 2 is 1.94 bits per heavy atom. The van der Waals surface area contributed by atoms with Gasteiger partial charge in [0.05, 0.1) is 6.54 Å². The van der Waals surface area contributed by atoms with Crippen LogP contribution in [0.15, 0.2) is 42.1 Å². The van der Waals surface area contributed by atoms with Crippen molar-refractivity contribution in [3.05, 3.63) is 47.7 Å². The van der Waals surface area contributed by atoms with Gasteiger partial charge < -0.3 is 9.80 Å². The molecule has 1 amide bonds. The van der Waals surface area contributed by atoms with Gasteiger partial charge in [-0.1, -0.05) is 35.9 Å². The minimum atomic E-state index is 0.211. The highest BCUT2D eigenvalue weighted by Crippen LogP contribution is 2.10. The van der Waals surface area contributed by atoms with E-state index in [0.29, 0.717) is 6.54 Å². The standard InChI is InChI=1S/C15H20N2O/c1-13(2)10-16-8-9-17(15(18)12-16)11-14-6-4-3-5-7-14/h3-7,10H,8-9,11-12H2,1-2H3. The van der Waals surface area contributed by atoms with Crippen molar-refractivity contribution >= 4 is 5.91 Å². The minimum absolute atomic E-state index is 0.211. The number of hydrogen-bond acceptors (Lipinski definition) is 2. The Hall–Kier alpha value is -1.77. The highest BCUT2D eigenvalue weighted by atomic mass is 16.2. The summed E-state index contributed by atoms with van der Waals surface area (Å²) < 4.78 is 0. The molecule has 0 aliphatic carbocycles. The molecular formula is C15H20N2O. The zero-order valence-corrected chi connectivity index (χ0v) is 11.1. The van der Waals surface area contributed by atoms with Crippen LogP contribution in [-0.4, -0.2) is 35.3 Å². The molecule has 1 saturated heterocycles. The van der Waals surface area contributed by atoms with E-state index in [9.17, 15) is 4.79 Å². The molecule has 0 N–H and O–H groups in total. The molecule has 0 aromatic heterocycles. The van der Waals surface area contributed by atoms with Crippen molar-refractivity contribution < 1.29 is 4.79 Å².